The third-order valence-electron chi connectivity index (χ3n) is 5.85. The van der Waals surface area contributed by atoms with Crippen molar-refractivity contribution in [1.29, 1.82) is 0 Å². The summed E-state index contributed by atoms with van der Waals surface area (Å²) in [6.07, 6.45) is 0. The topological polar surface area (TPSA) is 78.5 Å². The molecule has 0 radical (unpaired) electrons. The highest BCUT2D eigenvalue weighted by Gasteiger charge is 2.49. The van der Waals surface area contributed by atoms with E-state index in [9.17, 15) is 14.4 Å². The summed E-state index contributed by atoms with van der Waals surface area (Å²) in [6, 6.07) is 11.1. The van der Waals surface area contributed by atoms with Gasteiger partial charge in [-0.3, -0.25) is 14.5 Å². The van der Waals surface area contributed by atoms with Gasteiger partial charge in [-0.2, -0.15) is 0 Å². The fourth-order valence-electron chi connectivity index (χ4n) is 4.04. The van der Waals surface area contributed by atoms with E-state index < -0.39 is 23.4 Å². The molecule has 0 aliphatic carbocycles. The lowest BCUT2D eigenvalue weighted by atomic mass is 9.84. The fourth-order valence-corrected chi connectivity index (χ4v) is 4.04. The first-order valence-corrected chi connectivity index (χ1v) is 10.5. The SMILES string of the molecule is Cc1cc(C)c(NC(=O)CN2C(=O)NC(C)(c3ccc(C(C)(C)C)cc3)C2=O)c(C)c1. The van der Waals surface area contributed by atoms with Crippen molar-refractivity contribution in [3.05, 3.63) is 64.2 Å². The van der Waals surface area contributed by atoms with E-state index in [0.29, 0.717) is 11.3 Å². The van der Waals surface area contributed by atoms with Crippen molar-refractivity contribution >= 4 is 23.5 Å². The van der Waals surface area contributed by atoms with E-state index >= 15 is 0 Å². The van der Waals surface area contributed by atoms with E-state index in [1.54, 1.807) is 6.92 Å². The second-order valence-corrected chi connectivity index (χ2v) is 9.60. The van der Waals surface area contributed by atoms with E-state index in [-0.39, 0.29) is 12.0 Å². The van der Waals surface area contributed by atoms with Crippen LogP contribution in [0, 0.1) is 20.8 Å². The molecule has 1 aliphatic heterocycles. The van der Waals surface area contributed by atoms with Gasteiger partial charge in [0.2, 0.25) is 5.91 Å². The Balaban J connectivity index is 1.78. The van der Waals surface area contributed by atoms with Crippen LogP contribution in [0.5, 0.6) is 0 Å². The number of benzene rings is 2. The van der Waals surface area contributed by atoms with Crippen LogP contribution in [-0.2, 0) is 20.5 Å². The molecule has 31 heavy (non-hydrogen) atoms. The van der Waals surface area contributed by atoms with Crippen LogP contribution < -0.4 is 10.6 Å². The van der Waals surface area contributed by atoms with E-state index in [1.807, 2.05) is 57.2 Å². The highest BCUT2D eigenvalue weighted by atomic mass is 16.2. The standard InChI is InChI=1S/C25H31N3O3/c1-15-12-16(2)21(17(3)13-15)26-20(29)14-28-22(30)25(7,27-23(28)31)19-10-8-18(9-11-19)24(4,5)6/h8-13H,14H2,1-7H3,(H,26,29)(H,27,31). The minimum atomic E-state index is -1.20. The van der Waals surface area contributed by atoms with Gasteiger partial charge < -0.3 is 10.6 Å². The van der Waals surface area contributed by atoms with Crippen LogP contribution in [-0.4, -0.2) is 29.3 Å². The number of hydrogen-bond donors (Lipinski definition) is 2. The van der Waals surface area contributed by atoms with E-state index in [4.69, 9.17) is 0 Å². The van der Waals surface area contributed by atoms with Crippen LogP contribution in [0.25, 0.3) is 0 Å². The van der Waals surface area contributed by atoms with E-state index in [0.717, 1.165) is 27.2 Å². The number of anilines is 1. The van der Waals surface area contributed by atoms with Crippen LogP contribution in [0.1, 0.15) is 55.5 Å². The number of nitrogens with zero attached hydrogens (tertiary/aromatic N) is 1. The molecule has 0 aromatic heterocycles. The van der Waals surface area contributed by atoms with Gasteiger partial charge in [0.25, 0.3) is 5.91 Å². The maximum Gasteiger partial charge on any atom is 0.325 e. The molecule has 1 atom stereocenters. The largest absolute Gasteiger partial charge is 0.325 e. The van der Waals surface area contributed by atoms with Crippen LogP contribution in [0.4, 0.5) is 10.5 Å². The minimum absolute atomic E-state index is 0.0151. The third-order valence-corrected chi connectivity index (χ3v) is 5.85. The molecule has 1 saturated heterocycles. The van der Waals surface area contributed by atoms with Gasteiger partial charge in [0.15, 0.2) is 0 Å². The average Bonchev–Trinajstić information content (AvgIpc) is 2.88. The summed E-state index contributed by atoms with van der Waals surface area (Å²) in [4.78, 5) is 39.4. The molecule has 2 N–H and O–H groups in total. The van der Waals surface area contributed by atoms with Gasteiger partial charge in [-0.05, 0) is 55.4 Å². The molecule has 6 heteroatoms. The summed E-state index contributed by atoms with van der Waals surface area (Å²) in [5.74, 6) is -0.848. The zero-order chi connectivity index (χ0) is 23.1. The van der Waals surface area contributed by atoms with Gasteiger partial charge in [-0.15, -0.1) is 0 Å². The lowest BCUT2D eigenvalue weighted by Crippen LogP contribution is -2.42. The zero-order valence-corrected chi connectivity index (χ0v) is 19.3. The van der Waals surface area contributed by atoms with Crippen molar-refractivity contribution in [3.8, 4) is 0 Å². The predicted octanol–water partition coefficient (Wildman–Crippen LogP) is 4.32. The van der Waals surface area contributed by atoms with Gasteiger partial charge in [-0.25, -0.2) is 4.79 Å². The Labute approximate surface area is 184 Å². The Bertz CT molecular complexity index is 1030. The number of carbonyl (C=O) groups excluding carboxylic acids is 3. The molecule has 3 rings (SSSR count). The monoisotopic (exact) mass is 421 g/mol. The number of hydrogen-bond acceptors (Lipinski definition) is 3. The van der Waals surface area contributed by atoms with Crippen molar-refractivity contribution in [2.75, 3.05) is 11.9 Å². The maximum atomic E-state index is 13.1. The van der Waals surface area contributed by atoms with Crippen molar-refractivity contribution in [2.45, 2.75) is 59.4 Å². The van der Waals surface area contributed by atoms with Crippen molar-refractivity contribution in [3.63, 3.8) is 0 Å². The zero-order valence-electron chi connectivity index (χ0n) is 19.3. The second-order valence-electron chi connectivity index (χ2n) is 9.60. The third kappa shape index (κ3) is 4.33. The Morgan fingerprint density at radius 3 is 2.10 bits per heavy atom. The lowest BCUT2D eigenvalue weighted by Gasteiger charge is -2.24. The molecular weight excluding hydrogens is 390 g/mol. The van der Waals surface area contributed by atoms with Crippen molar-refractivity contribution in [1.82, 2.24) is 10.2 Å². The van der Waals surface area contributed by atoms with Crippen LogP contribution in [0.15, 0.2) is 36.4 Å². The fraction of sp³-hybridized carbons (Fsp3) is 0.400. The van der Waals surface area contributed by atoms with Crippen LogP contribution in [0.2, 0.25) is 0 Å². The lowest BCUT2D eigenvalue weighted by molar-refractivity contribution is -0.133. The summed E-state index contributed by atoms with van der Waals surface area (Å²) in [7, 11) is 0. The molecule has 4 amide bonds. The number of urea groups is 1. The summed E-state index contributed by atoms with van der Waals surface area (Å²) in [5.41, 5.74) is 4.29. The molecule has 0 bridgehead atoms. The first kappa shape index (κ1) is 22.5. The smallest absolute Gasteiger partial charge is 0.324 e. The van der Waals surface area contributed by atoms with Crippen molar-refractivity contribution in [2.24, 2.45) is 0 Å². The summed E-state index contributed by atoms with van der Waals surface area (Å²) in [5, 5.41) is 5.61. The molecule has 6 nitrogen and oxygen atoms in total. The Morgan fingerprint density at radius 1 is 1.03 bits per heavy atom. The average molecular weight is 422 g/mol. The first-order chi connectivity index (χ1) is 14.3. The Hall–Kier alpha value is -3.15. The molecule has 1 heterocycles. The summed E-state index contributed by atoms with van der Waals surface area (Å²) in [6.45, 7) is 13.5. The van der Waals surface area contributed by atoms with Gasteiger partial charge >= 0.3 is 6.03 Å². The molecule has 1 unspecified atom stereocenters. The first-order valence-electron chi connectivity index (χ1n) is 10.5. The molecule has 2 aromatic rings. The van der Waals surface area contributed by atoms with Gasteiger partial charge in [0.05, 0.1) is 0 Å². The second kappa shape index (κ2) is 7.84. The molecule has 1 fully saturated rings. The highest BCUT2D eigenvalue weighted by molar-refractivity contribution is 6.10. The molecule has 0 saturated carbocycles. The molecule has 164 valence electrons. The molecular formula is C25H31N3O3. The van der Waals surface area contributed by atoms with Crippen molar-refractivity contribution < 1.29 is 14.4 Å². The molecule has 0 spiro atoms. The Morgan fingerprint density at radius 2 is 1.58 bits per heavy atom. The Kier molecular flexibility index (Phi) is 5.70. The maximum absolute atomic E-state index is 13.1. The van der Waals surface area contributed by atoms with Gasteiger partial charge in [0, 0.05) is 5.69 Å². The van der Waals surface area contributed by atoms with Crippen LogP contribution >= 0.6 is 0 Å². The number of aryl methyl sites for hydroxylation is 3. The highest BCUT2D eigenvalue weighted by Crippen LogP contribution is 2.31. The number of amides is 4. The predicted molar refractivity (Wildman–Crippen MR) is 122 cm³/mol. The van der Waals surface area contributed by atoms with Crippen LogP contribution in [0.3, 0.4) is 0 Å². The summed E-state index contributed by atoms with van der Waals surface area (Å²) >= 11 is 0. The number of nitrogens with one attached hydrogen (secondary N) is 2. The molecule has 1 aliphatic rings. The van der Waals surface area contributed by atoms with Gasteiger partial charge in [0.1, 0.15) is 12.1 Å². The quantitative estimate of drug-likeness (QED) is 0.722. The van der Waals surface area contributed by atoms with E-state index in [2.05, 4.69) is 31.4 Å². The molecule has 2 aromatic carbocycles. The normalized spacial score (nSPS) is 18.9. The number of imide groups is 1. The minimum Gasteiger partial charge on any atom is -0.324 e. The number of rotatable bonds is 4. The van der Waals surface area contributed by atoms with E-state index in [1.165, 1.54) is 0 Å². The summed E-state index contributed by atoms with van der Waals surface area (Å²) < 4.78 is 0. The number of carbonyl (C=O) groups is 3. The van der Waals surface area contributed by atoms with Gasteiger partial charge in [-0.1, -0.05) is 62.7 Å².